The molecule has 1 fully saturated rings. The van der Waals surface area contributed by atoms with E-state index in [0.29, 0.717) is 19.4 Å². The molecule has 0 aliphatic carbocycles. The van der Waals surface area contributed by atoms with Crippen LogP contribution in [-0.2, 0) is 14.3 Å². The number of hydrogen-bond donors (Lipinski definition) is 0. The number of carbonyl (C=O) groups is 2. The van der Waals surface area contributed by atoms with E-state index in [-0.39, 0.29) is 18.9 Å². The molecule has 1 atom stereocenters. The monoisotopic (exact) mass is 313 g/mol. The number of Topliss-reactive ketones (excluding diaryl/α,β-unsaturated/α-hetero) is 1. The predicted molar refractivity (Wildman–Crippen MR) is 90.6 cm³/mol. The Kier molecular flexibility index (Phi) is 5.37. The van der Waals surface area contributed by atoms with Crippen LogP contribution in [0.5, 0.6) is 0 Å². The summed E-state index contributed by atoms with van der Waals surface area (Å²) in [7, 11) is 0. The minimum atomic E-state index is -1.09. The second-order valence-electron chi connectivity index (χ2n) is 5.70. The Balaban J connectivity index is 2.17. The smallest absolute Gasteiger partial charge is 0.320 e. The fourth-order valence-electron chi connectivity index (χ4n) is 2.94. The van der Waals surface area contributed by atoms with Gasteiger partial charge >= 0.3 is 5.97 Å². The number of carbonyl (C=O) groups excluding carboxylic acids is 2. The molecule has 1 aliphatic heterocycles. The minimum absolute atomic E-state index is 0.126. The molecule has 0 radical (unpaired) electrons. The van der Waals surface area contributed by atoms with Gasteiger partial charge < -0.3 is 9.64 Å². The van der Waals surface area contributed by atoms with E-state index in [1.165, 1.54) is 0 Å². The molecule has 1 aromatic rings. The van der Waals surface area contributed by atoms with Crippen LogP contribution in [0.2, 0.25) is 0 Å². The third kappa shape index (κ3) is 3.36. The Morgan fingerprint density at radius 1 is 1.39 bits per heavy atom. The standard InChI is InChI=1S/C19H23NO3/c1-4-11-19(18(22)23-5-2)12-13-20(14-17(19)21)15(3)16-9-7-6-8-10-16/h4,6-10H,1,3,5,11-14H2,2H3. The highest BCUT2D eigenvalue weighted by atomic mass is 16.5. The van der Waals surface area contributed by atoms with Crippen molar-refractivity contribution in [3.05, 3.63) is 55.1 Å². The maximum atomic E-state index is 12.7. The van der Waals surface area contributed by atoms with Crippen molar-refractivity contribution in [2.45, 2.75) is 19.8 Å². The summed E-state index contributed by atoms with van der Waals surface area (Å²) in [6.07, 6.45) is 2.36. The minimum Gasteiger partial charge on any atom is -0.465 e. The van der Waals surface area contributed by atoms with Crippen LogP contribution in [0.25, 0.3) is 5.70 Å². The van der Waals surface area contributed by atoms with Gasteiger partial charge in [-0.15, -0.1) is 6.58 Å². The lowest BCUT2D eigenvalue weighted by Gasteiger charge is -2.39. The first-order chi connectivity index (χ1) is 11.0. The zero-order valence-electron chi connectivity index (χ0n) is 13.6. The van der Waals surface area contributed by atoms with Crippen molar-refractivity contribution < 1.29 is 14.3 Å². The molecule has 1 unspecified atom stereocenters. The predicted octanol–water partition coefficient (Wildman–Crippen LogP) is 3.06. The molecule has 0 bridgehead atoms. The number of ether oxygens (including phenoxy) is 1. The summed E-state index contributed by atoms with van der Waals surface area (Å²) in [5.74, 6) is -0.561. The molecule has 0 N–H and O–H groups in total. The van der Waals surface area contributed by atoms with E-state index in [9.17, 15) is 9.59 Å². The lowest BCUT2D eigenvalue weighted by atomic mass is 9.74. The van der Waals surface area contributed by atoms with Crippen molar-refractivity contribution in [3.63, 3.8) is 0 Å². The van der Waals surface area contributed by atoms with Crippen molar-refractivity contribution in [2.24, 2.45) is 5.41 Å². The van der Waals surface area contributed by atoms with Crippen LogP contribution in [0.3, 0.4) is 0 Å². The van der Waals surface area contributed by atoms with Gasteiger partial charge in [-0.1, -0.05) is 43.0 Å². The van der Waals surface area contributed by atoms with E-state index in [2.05, 4.69) is 13.2 Å². The van der Waals surface area contributed by atoms with Crippen LogP contribution in [-0.4, -0.2) is 36.3 Å². The molecule has 1 aromatic carbocycles. The number of rotatable bonds is 6. The quantitative estimate of drug-likeness (QED) is 0.460. The maximum absolute atomic E-state index is 12.7. The van der Waals surface area contributed by atoms with E-state index < -0.39 is 11.4 Å². The number of nitrogens with zero attached hydrogens (tertiary/aromatic N) is 1. The normalized spacial score (nSPS) is 20.9. The molecule has 4 heteroatoms. The van der Waals surface area contributed by atoms with Gasteiger partial charge in [0.2, 0.25) is 0 Å². The average molecular weight is 313 g/mol. The summed E-state index contributed by atoms with van der Waals surface area (Å²) in [4.78, 5) is 27.0. The molecular weight excluding hydrogens is 290 g/mol. The summed E-state index contributed by atoms with van der Waals surface area (Å²) in [5, 5.41) is 0. The summed E-state index contributed by atoms with van der Waals surface area (Å²) in [6, 6.07) is 9.74. The molecule has 1 heterocycles. The zero-order chi connectivity index (χ0) is 16.9. The highest BCUT2D eigenvalue weighted by molar-refractivity contribution is 6.06. The number of ketones is 1. The molecule has 0 spiro atoms. The van der Waals surface area contributed by atoms with Gasteiger partial charge in [-0.3, -0.25) is 9.59 Å². The van der Waals surface area contributed by atoms with Gasteiger partial charge in [0, 0.05) is 12.2 Å². The Labute approximate surface area is 137 Å². The fourth-order valence-corrected chi connectivity index (χ4v) is 2.94. The first kappa shape index (κ1) is 17.0. The highest BCUT2D eigenvalue weighted by Crippen LogP contribution is 2.36. The Morgan fingerprint density at radius 3 is 2.65 bits per heavy atom. The van der Waals surface area contributed by atoms with Gasteiger partial charge in [0.05, 0.1) is 13.2 Å². The number of likely N-dealkylation sites (tertiary alicyclic amines) is 1. The van der Waals surface area contributed by atoms with Crippen LogP contribution >= 0.6 is 0 Å². The van der Waals surface area contributed by atoms with Crippen molar-refractivity contribution in [1.29, 1.82) is 0 Å². The third-order valence-electron chi connectivity index (χ3n) is 4.32. The van der Waals surface area contributed by atoms with E-state index in [4.69, 9.17) is 4.74 Å². The second kappa shape index (κ2) is 7.27. The van der Waals surface area contributed by atoms with Gasteiger partial charge in [-0.25, -0.2) is 0 Å². The second-order valence-corrected chi connectivity index (χ2v) is 5.70. The van der Waals surface area contributed by atoms with Crippen molar-refractivity contribution in [3.8, 4) is 0 Å². The van der Waals surface area contributed by atoms with Gasteiger partial charge in [0.25, 0.3) is 0 Å². The summed E-state index contributed by atoms with van der Waals surface area (Å²) in [6.45, 7) is 10.6. The zero-order valence-corrected chi connectivity index (χ0v) is 13.6. The van der Waals surface area contributed by atoms with Crippen LogP contribution < -0.4 is 0 Å². The molecule has 1 saturated heterocycles. The number of piperidine rings is 1. The van der Waals surface area contributed by atoms with E-state index in [0.717, 1.165) is 11.3 Å². The van der Waals surface area contributed by atoms with Crippen molar-refractivity contribution in [1.82, 2.24) is 4.90 Å². The molecule has 122 valence electrons. The van der Waals surface area contributed by atoms with Crippen LogP contribution in [0.4, 0.5) is 0 Å². The number of esters is 1. The molecule has 0 saturated carbocycles. The number of benzene rings is 1. The average Bonchev–Trinajstić information content (AvgIpc) is 2.57. The van der Waals surface area contributed by atoms with Crippen LogP contribution in [0.1, 0.15) is 25.3 Å². The molecular formula is C19H23NO3. The Morgan fingerprint density at radius 2 is 2.09 bits per heavy atom. The molecule has 4 nitrogen and oxygen atoms in total. The summed E-state index contributed by atoms with van der Waals surface area (Å²) >= 11 is 0. The van der Waals surface area contributed by atoms with Crippen LogP contribution in [0, 0.1) is 5.41 Å². The molecule has 0 aromatic heterocycles. The molecule has 0 amide bonds. The number of allylic oxidation sites excluding steroid dienone is 1. The fraction of sp³-hybridized carbons (Fsp3) is 0.368. The van der Waals surface area contributed by atoms with Gasteiger partial charge in [-0.2, -0.15) is 0 Å². The highest BCUT2D eigenvalue weighted by Gasteiger charge is 2.48. The third-order valence-corrected chi connectivity index (χ3v) is 4.32. The van der Waals surface area contributed by atoms with Gasteiger partial charge in [-0.05, 0) is 25.3 Å². The number of hydrogen-bond acceptors (Lipinski definition) is 4. The topological polar surface area (TPSA) is 46.6 Å². The van der Waals surface area contributed by atoms with E-state index in [1.54, 1.807) is 13.0 Å². The summed E-state index contributed by atoms with van der Waals surface area (Å²) in [5.41, 5.74) is 0.688. The van der Waals surface area contributed by atoms with E-state index >= 15 is 0 Å². The lowest BCUT2D eigenvalue weighted by molar-refractivity contribution is -0.162. The van der Waals surface area contributed by atoms with Crippen LogP contribution in [0.15, 0.2) is 49.6 Å². The molecule has 23 heavy (non-hydrogen) atoms. The van der Waals surface area contributed by atoms with Crippen molar-refractivity contribution >= 4 is 17.4 Å². The Hall–Kier alpha value is -2.36. The first-order valence-electron chi connectivity index (χ1n) is 7.86. The molecule has 2 rings (SSSR count). The summed E-state index contributed by atoms with van der Waals surface area (Å²) < 4.78 is 5.14. The maximum Gasteiger partial charge on any atom is 0.320 e. The lowest BCUT2D eigenvalue weighted by Crippen LogP contribution is -2.51. The van der Waals surface area contributed by atoms with Gasteiger partial charge in [0.1, 0.15) is 5.41 Å². The SMILES string of the molecule is C=CCC1(C(=O)OCC)CCN(C(=C)c2ccccc2)CC1=O. The van der Waals surface area contributed by atoms with Crippen molar-refractivity contribution in [2.75, 3.05) is 19.7 Å². The molecule has 1 aliphatic rings. The first-order valence-corrected chi connectivity index (χ1v) is 7.86. The largest absolute Gasteiger partial charge is 0.465 e. The van der Waals surface area contributed by atoms with E-state index in [1.807, 2.05) is 35.2 Å². The van der Waals surface area contributed by atoms with Gasteiger partial charge in [0.15, 0.2) is 5.78 Å². The Bertz CT molecular complexity index is 608.